The first-order chi connectivity index (χ1) is 11.4. The summed E-state index contributed by atoms with van der Waals surface area (Å²) < 4.78 is 12.7. The van der Waals surface area contributed by atoms with E-state index < -0.39 is 6.67 Å². The molecule has 0 aliphatic heterocycles. The van der Waals surface area contributed by atoms with Crippen LogP contribution in [0.2, 0.25) is 0 Å². The first-order valence-corrected chi connectivity index (χ1v) is 8.61. The highest BCUT2D eigenvalue weighted by Crippen LogP contribution is 2.30. The number of anilines is 1. The number of alkyl halides is 2. The molecule has 0 radical (unpaired) electrons. The number of benzene rings is 1. The van der Waals surface area contributed by atoms with E-state index in [1.165, 1.54) is 11.2 Å². The van der Waals surface area contributed by atoms with E-state index in [0.29, 0.717) is 5.57 Å². The number of nitrogens with zero attached hydrogens (tertiary/aromatic N) is 1. The molecule has 24 heavy (non-hydrogen) atoms. The Balaban J connectivity index is 2.96. The van der Waals surface area contributed by atoms with Gasteiger partial charge in [-0.3, -0.25) is 9.18 Å². The fourth-order valence-corrected chi connectivity index (χ4v) is 2.77. The van der Waals surface area contributed by atoms with Crippen LogP contribution < -0.4 is 11.2 Å². The molecule has 6 heteroatoms. The number of nitrogens with two attached hydrogens (primary N) is 1. The average Bonchev–Trinajstić information content (AvgIpc) is 2.54. The number of halogens is 2. The van der Waals surface area contributed by atoms with Crippen LogP contribution in [0.3, 0.4) is 0 Å². The van der Waals surface area contributed by atoms with E-state index in [0.717, 1.165) is 24.1 Å². The molecule has 0 bridgehead atoms. The smallest absolute Gasteiger partial charge is 0.253 e. The predicted molar refractivity (Wildman–Crippen MR) is 98.7 cm³/mol. The Labute approximate surface area is 148 Å². The molecule has 134 valence electrons. The molecule has 3 N–H and O–H groups in total. The van der Waals surface area contributed by atoms with E-state index in [4.69, 9.17) is 17.4 Å². The average molecular weight is 356 g/mol. The van der Waals surface area contributed by atoms with Crippen LogP contribution in [0, 0.1) is 0 Å². The summed E-state index contributed by atoms with van der Waals surface area (Å²) in [7, 11) is 1.59. The van der Waals surface area contributed by atoms with Gasteiger partial charge in [0.2, 0.25) is 0 Å². The summed E-state index contributed by atoms with van der Waals surface area (Å²) >= 11 is 6.26. The quantitative estimate of drug-likeness (QED) is 0.302. The van der Waals surface area contributed by atoms with Gasteiger partial charge in [-0.25, -0.2) is 5.84 Å². The number of hydrazine groups is 1. The molecule has 0 saturated heterocycles. The molecule has 1 amide bonds. The normalized spacial score (nSPS) is 14.2. The monoisotopic (exact) mass is 355 g/mol. The molecule has 0 heterocycles. The number of nitrogens with one attached hydrogen (secondary N) is 1. The van der Waals surface area contributed by atoms with Crippen molar-refractivity contribution in [3.63, 3.8) is 0 Å². The van der Waals surface area contributed by atoms with Crippen LogP contribution in [0.15, 0.2) is 36.0 Å². The first-order valence-electron chi connectivity index (χ1n) is 8.17. The lowest BCUT2D eigenvalue weighted by atomic mass is 9.93. The zero-order chi connectivity index (χ0) is 18.1. The van der Waals surface area contributed by atoms with Crippen molar-refractivity contribution in [3.05, 3.63) is 41.6 Å². The zero-order valence-corrected chi connectivity index (χ0v) is 15.3. The minimum absolute atomic E-state index is 0.0185. The Morgan fingerprint density at radius 1 is 1.46 bits per heavy atom. The molecule has 0 saturated carbocycles. The van der Waals surface area contributed by atoms with Crippen molar-refractivity contribution < 1.29 is 9.18 Å². The van der Waals surface area contributed by atoms with Gasteiger partial charge in [0.15, 0.2) is 0 Å². The maximum atomic E-state index is 12.7. The summed E-state index contributed by atoms with van der Waals surface area (Å²) in [6.45, 7) is 3.52. The van der Waals surface area contributed by atoms with Crippen molar-refractivity contribution in [2.24, 2.45) is 5.84 Å². The van der Waals surface area contributed by atoms with Gasteiger partial charge in [0, 0.05) is 36.3 Å². The van der Waals surface area contributed by atoms with Crippen molar-refractivity contribution in [2.75, 3.05) is 19.0 Å². The molecule has 0 aliphatic carbocycles. The molecular formula is C18H27ClFN3O. The van der Waals surface area contributed by atoms with Crippen LogP contribution in [0.1, 0.15) is 44.6 Å². The maximum absolute atomic E-state index is 12.7. The Kier molecular flexibility index (Phi) is 8.79. The van der Waals surface area contributed by atoms with Crippen molar-refractivity contribution in [1.82, 2.24) is 5.01 Å². The molecule has 2 unspecified atom stereocenters. The van der Waals surface area contributed by atoms with E-state index >= 15 is 0 Å². The van der Waals surface area contributed by atoms with E-state index in [1.807, 2.05) is 24.3 Å². The largest absolute Gasteiger partial charge is 0.322 e. The van der Waals surface area contributed by atoms with Crippen molar-refractivity contribution in [2.45, 2.75) is 44.4 Å². The van der Waals surface area contributed by atoms with Gasteiger partial charge in [0.1, 0.15) is 0 Å². The number of para-hydroxylation sites is 1. The lowest BCUT2D eigenvalue weighted by Crippen LogP contribution is -2.24. The fourth-order valence-electron chi connectivity index (χ4n) is 2.50. The van der Waals surface area contributed by atoms with E-state index in [9.17, 15) is 9.18 Å². The van der Waals surface area contributed by atoms with E-state index in [1.54, 1.807) is 7.05 Å². The molecule has 2 atom stereocenters. The van der Waals surface area contributed by atoms with Crippen molar-refractivity contribution >= 4 is 23.2 Å². The standard InChI is InChI=1S/C18H27ClFN3O/c1-4-15(19)11-13(2)16-7-5-6-8-17(16)22-18(24)14(9-10-20)12-23(3)21/h5-8,12-13,15H,4,9-11,21H2,1-3H3,(H,22,24)/b14-12+. The summed E-state index contributed by atoms with van der Waals surface area (Å²) in [4.78, 5) is 12.4. The lowest BCUT2D eigenvalue weighted by molar-refractivity contribution is -0.113. The summed E-state index contributed by atoms with van der Waals surface area (Å²) in [6, 6.07) is 7.62. The van der Waals surface area contributed by atoms with Crippen LogP contribution in [-0.2, 0) is 4.79 Å². The van der Waals surface area contributed by atoms with Gasteiger partial charge >= 0.3 is 0 Å². The van der Waals surface area contributed by atoms with Crippen molar-refractivity contribution in [1.29, 1.82) is 0 Å². The number of amides is 1. The topological polar surface area (TPSA) is 58.4 Å². The predicted octanol–water partition coefficient (Wildman–Crippen LogP) is 4.19. The van der Waals surface area contributed by atoms with Crippen LogP contribution >= 0.6 is 11.6 Å². The van der Waals surface area contributed by atoms with Crippen LogP contribution in [0.5, 0.6) is 0 Å². The van der Waals surface area contributed by atoms with Gasteiger partial charge in [-0.15, -0.1) is 11.6 Å². The van der Waals surface area contributed by atoms with Gasteiger partial charge in [0.05, 0.1) is 6.67 Å². The minimum atomic E-state index is -0.616. The SMILES string of the molecule is CCC(Cl)CC(C)c1ccccc1NC(=O)/C(=C/N(C)N)CCF. The van der Waals surface area contributed by atoms with Crippen molar-refractivity contribution in [3.8, 4) is 0 Å². The van der Waals surface area contributed by atoms with Crippen LogP contribution in [-0.4, -0.2) is 30.0 Å². The fraction of sp³-hybridized carbons (Fsp3) is 0.500. The second-order valence-electron chi connectivity index (χ2n) is 5.94. The van der Waals surface area contributed by atoms with E-state index in [2.05, 4.69) is 19.2 Å². The Morgan fingerprint density at radius 2 is 2.12 bits per heavy atom. The van der Waals surface area contributed by atoms with Gasteiger partial charge in [-0.1, -0.05) is 32.0 Å². The number of carbonyl (C=O) groups excluding carboxylic acids is 1. The van der Waals surface area contributed by atoms with Gasteiger partial charge in [-0.05, 0) is 30.4 Å². The van der Waals surface area contributed by atoms with Gasteiger partial charge in [-0.2, -0.15) is 0 Å². The highest BCUT2D eigenvalue weighted by molar-refractivity contribution is 6.20. The van der Waals surface area contributed by atoms with Gasteiger partial charge < -0.3 is 10.3 Å². The third-order valence-electron chi connectivity index (χ3n) is 3.81. The van der Waals surface area contributed by atoms with Gasteiger partial charge in [0.25, 0.3) is 5.91 Å². The third-order valence-corrected chi connectivity index (χ3v) is 4.29. The Hall–Kier alpha value is -1.59. The Bertz CT molecular complexity index is 563. The number of hydrogen-bond acceptors (Lipinski definition) is 3. The zero-order valence-electron chi connectivity index (χ0n) is 14.6. The molecule has 0 fully saturated rings. The third kappa shape index (κ3) is 6.49. The summed E-state index contributed by atoms with van der Waals surface area (Å²) in [5.41, 5.74) is 2.04. The van der Waals surface area contributed by atoms with E-state index in [-0.39, 0.29) is 23.6 Å². The summed E-state index contributed by atoms with van der Waals surface area (Å²) in [5, 5.41) is 4.22. The number of hydrogen-bond donors (Lipinski definition) is 2. The number of carbonyl (C=O) groups is 1. The second-order valence-corrected chi connectivity index (χ2v) is 6.56. The summed E-state index contributed by atoms with van der Waals surface area (Å²) in [6.07, 6.45) is 3.17. The van der Waals surface area contributed by atoms with Crippen LogP contribution in [0.25, 0.3) is 0 Å². The molecule has 1 aromatic carbocycles. The molecule has 1 aromatic rings. The Morgan fingerprint density at radius 3 is 2.71 bits per heavy atom. The highest BCUT2D eigenvalue weighted by Gasteiger charge is 2.17. The maximum Gasteiger partial charge on any atom is 0.253 e. The molecular weight excluding hydrogens is 329 g/mol. The summed E-state index contributed by atoms with van der Waals surface area (Å²) in [5.74, 6) is 5.40. The highest BCUT2D eigenvalue weighted by atomic mass is 35.5. The second kappa shape index (κ2) is 10.3. The molecule has 0 aliphatic rings. The molecule has 4 nitrogen and oxygen atoms in total. The minimum Gasteiger partial charge on any atom is -0.322 e. The first kappa shape index (κ1) is 20.5. The number of rotatable bonds is 9. The lowest BCUT2D eigenvalue weighted by Gasteiger charge is -2.19. The molecule has 1 rings (SSSR count). The molecule has 0 spiro atoms. The van der Waals surface area contributed by atoms with Crippen LogP contribution in [0.4, 0.5) is 10.1 Å². The molecule has 0 aromatic heterocycles.